The maximum Gasteiger partial charge on any atom is 0.234 e. The molecule has 0 aliphatic heterocycles. The Bertz CT molecular complexity index is 889. The van der Waals surface area contributed by atoms with Gasteiger partial charge in [0.05, 0.1) is 40.2 Å². The van der Waals surface area contributed by atoms with Gasteiger partial charge in [0.1, 0.15) is 5.75 Å². The second kappa shape index (κ2) is 13.1. The molecule has 0 saturated heterocycles. The van der Waals surface area contributed by atoms with E-state index in [0.29, 0.717) is 28.7 Å². The Labute approximate surface area is 190 Å². The van der Waals surface area contributed by atoms with Crippen molar-refractivity contribution in [3.63, 3.8) is 0 Å². The molecule has 2 aromatic rings. The number of rotatable bonds is 9. The van der Waals surface area contributed by atoms with Crippen molar-refractivity contribution in [3.05, 3.63) is 41.5 Å². The minimum Gasteiger partial charge on any atom is -0.495 e. The summed E-state index contributed by atoms with van der Waals surface area (Å²) >= 11 is 0. The normalized spacial score (nSPS) is 12.3. The van der Waals surface area contributed by atoms with Gasteiger partial charge in [-0.15, -0.1) is 0 Å². The molecule has 0 heterocycles. The van der Waals surface area contributed by atoms with E-state index in [1.165, 1.54) is 0 Å². The molecule has 0 radical (unpaired) electrons. The van der Waals surface area contributed by atoms with Crippen molar-refractivity contribution >= 4 is 23.7 Å². The van der Waals surface area contributed by atoms with Gasteiger partial charge in [0.2, 0.25) is 11.7 Å². The maximum absolute atomic E-state index is 10.4. The molecule has 0 unspecified atom stereocenters. The Balaban J connectivity index is 0.000000482. The van der Waals surface area contributed by atoms with Crippen LogP contribution in [0.1, 0.15) is 31.4 Å². The predicted molar refractivity (Wildman–Crippen MR) is 129 cm³/mol. The number of amides is 1. The molecule has 0 bridgehead atoms. The third-order valence-electron chi connectivity index (χ3n) is 4.99. The molecule has 8 nitrogen and oxygen atoms in total. The van der Waals surface area contributed by atoms with E-state index in [0.717, 1.165) is 17.5 Å². The van der Waals surface area contributed by atoms with Crippen molar-refractivity contribution < 1.29 is 23.7 Å². The Hall–Kier alpha value is -3.39. The van der Waals surface area contributed by atoms with Crippen LogP contribution < -0.4 is 36.1 Å². The Morgan fingerprint density at radius 2 is 1.44 bits per heavy atom. The number of hydrogen-bond donors (Lipinski definition) is 3. The molecule has 1 amide bonds. The first-order valence-corrected chi connectivity index (χ1v) is 10.2. The lowest BCUT2D eigenvalue weighted by atomic mass is 10.00. The van der Waals surface area contributed by atoms with Crippen LogP contribution in [0.5, 0.6) is 23.0 Å². The van der Waals surface area contributed by atoms with Gasteiger partial charge >= 0.3 is 0 Å². The quantitative estimate of drug-likeness (QED) is 0.398. The third-order valence-corrected chi connectivity index (χ3v) is 4.99. The number of nitrogen functional groups attached to an aromatic ring is 1. The summed E-state index contributed by atoms with van der Waals surface area (Å²) in [6, 6.07) is 8.91. The Morgan fingerprint density at radius 1 is 0.906 bits per heavy atom. The summed E-state index contributed by atoms with van der Waals surface area (Å²) in [4.78, 5) is 10.4. The number of primary amides is 1. The fraction of sp³-hybridized carbons (Fsp3) is 0.375. The van der Waals surface area contributed by atoms with Crippen molar-refractivity contribution in [2.45, 2.75) is 26.3 Å². The summed E-state index contributed by atoms with van der Waals surface area (Å²) in [7, 11) is 6.36. The van der Waals surface area contributed by atoms with E-state index < -0.39 is 11.9 Å². The van der Waals surface area contributed by atoms with Gasteiger partial charge in [-0.2, -0.15) is 0 Å². The fourth-order valence-electron chi connectivity index (χ4n) is 2.78. The summed E-state index contributed by atoms with van der Waals surface area (Å²) in [5.41, 5.74) is 18.8. The second-order valence-corrected chi connectivity index (χ2v) is 7.11. The van der Waals surface area contributed by atoms with Crippen molar-refractivity contribution in [3.8, 4) is 23.0 Å². The summed E-state index contributed by atoms with van der Waals surface area (Å²) in [5.74, 6) is 2.24. The molecule has 32 heavy (non-hydrogen) atoms. The zero-order valence-electron chi connectivity index (χ0n) is 19.7. The lowest BCUT2D eigenvalue weighted by molar-refractivity contribution is -0.120. The van der Waals surface area contributed by atoms with Gasteiger partial charge in [0, 0.05) is 0 Å². The van der Waals surface area contributed by atoms with E-state index in [2.05, 4.69) is 0 Å². The first-order chi connectivity index (χ1) is 15.2. The van der Waals surface area contributed by atoms with Crippen LogP contribution in [0.3, 0.4) is 0 Å². The van der Waals surface area contributed by atoms with Crippen LogP contribution in [0.2, 0.25) is 0 Å². The van der Waals surface area contributed by atoms with Gasteiger partial charge in [0.25, 0.3) is 0 Å². The van der Waals surface area contributed by atoms with Crippen molar-refractivity contribution in [1.29, 1.82) is 0 Å². The highest BCUT2D eigenvalue weighted by atomic mass is 16.5. The number of anilines is 1. The van der Waals surface area contributed by atoms with Crippen LogP contribution in [0.4, 0.5) is 5.69 Å². The number of nitrogens with two attached hydrogens (primary N) is 3. The van der Waals surface area contributed by atoms with Crippen LogP contribution in [-0.4, -0.2) is 40.4 Å². The largest absolute Gasteiger partial charge is 0.495 e. The van der Waals surface area contributed by atoms with Crippen LogP contribution in [0.25, 0.3) is 12.2 Å². The molecule has 176 valence electrons. The van der Waals surface area contributed by atoms with Crippen LogP contribution >= 0.6 is 0 Å². The predicted octanol–water partition coefficient (Wildman–Crippen LogP) is 3.32. The highest BCUT2D eigenvalue weighted by Gasteiger charge is 2.15. The van der Waals surface area contributed by atoms with Gasteiger partial charge in [-0.25, -0.2) is 0 Å². The number of carbonyl (C=O) groups is 1. The molecular weight excluding hydrogens is 410 g/mol. The summed E-state index contributed by atoms with van der Waals surface area (Å²) in [6.45, 7) is 3.89. The number of hydrogen-bond acceptors (Lipinski definition) is 7. The molecule has 2 aromatic carbocycles. The van der Waals surface area contributed by atoms with E-state index in [4.69, 9.17) is 36.1 Å². The molecule has 8 heteroatoms. The average Bonchev–Trinajstić information content (AvgIpc) is 2.81. The minimum atomic E-state index is -0.477. The topological polar surface area (TPSA) is 132 Å². The maximum atomic E-state index is 10.4. The molecule has 0 fully saturated rings. The van der Waals surface area contributed by atoms with E-state index >= 15 is 0 Å². The number of ether oxygens (including phenoxy) is 4. The molecule has 2 atom stereocenters. The van der Waals surface area contributed by atoms with E-state index in [-0.39, 0.29) is 5.92 Å². The van der Waals surface area contributed by atoms with Crippen LogP contribution in [-0.2, 0) is 4.79 Å². The van der Waals surface area contributed by atoms with Crippen molar-refractivity contribution in [1.82, 2.24) is 0 Å². The van der Waals surface area contributed by atoms with E-state index in [9.17, 15) is 4.79 Å². The number of carbonyl (C=O) groups excluding carboxylic acids is 1. The van der Waals surface area contributed by atoms with Gasteiger partial charge in [-0.1, -0.05) is 38.5 Å². The Morgan fingerprint density at radius 3 is 1.81 bits per heavy atom. The van der Waals surface area contributed by atoms with Gasteiger partial charge in [-0.05, 0) is 41.3 Å². The number of benzene rings is 2. The average molecular weight is 446 g/mol. The molecule has 0 saturated carbocycles. The fourth-order valence-corrected chi connectivity index (χ4v) is 2.78. The van der Waals surface area contributed by atoms with Crippen molar-refractivity contribution in [2.24, 2.45) is 17.4 Å². The van der Waals surface area contributed by atoms with E-state index in [1.54, 1.807) is 28.4 Å². The second-order valence-electron chi connectivity index (χ2n) is 7.11. The lowest BCUT2D eigenvalue weighted by Crippen LogP contribution is -2.41. The van der Waals surface area contributed by atoms with Crippen molar-refractivity contribution in [2.75, 3.05) is 34.2 Å². The third kappa shape index (κ3) is 7.39. The van der Waals surface area contributed by atoms with Gasteiger partial charge in [0.15, 0.2) is 11.5 Å². The van der Waals surface area contributed by atoms with E-state index in [1.807, 2.05) is 56.3 Å². The van der Waals surface area contributed by atoms with Crippen LogP contribution in [0.15, 0.2) is 30.3 Å². The standard InChI is InChI=1S/C18H21NO4.C6H14N2O/c1-20-15-8-7-12(9-14(15)19)5-6-13-10-16(21-2)18(23-4)17(11-13)22-3;1-3-4(2)5(7)6(8)9/h5-11H,19H2,1-4H3;4-5H,3,7H2,1-2H3,(H2,8,9)/t;4-,5-/m.0/s1. The highest BCUT2D eigenvalue weighted by molar-refractivity contribution is 5.79. The summed E-state index contributed by atoms with van der Waals surface area (Å²) in [6.07, 6.45) is 4.80. The molecule has 6 N–H and O–H groups in total. The molecule has 0 aliphatic carbocycles. The molecule has 0 aromatic heterocycles. The summed E-state index contributed by atoms with van der Waals surface area (Å²) < 4.78 is 21.2. The molecule has 0 aliphatic rings. The molecular formula is C24H35N3O5. The molecule has 2 rings (SSSR count). The van der Waals surface area contributed by atoms with Gasteiger partial charge < -0.3 is 36.1 Å². The lowest BCUT2D eigenvalue weighted by Gasteiger charge is -2.13. The Kier molecular flexibility index (Phi) is 10.9. The first-order valence-electron chi connectivity index (χ1n) is 10.2. The smallest absolute Gasteiger partial charge is 0.234 e. The van der Waals surface area contributed by atoms with Crippen LogP contribution in [0, 0.1) is 5.92 Å². The van der Waals surface area contributed by atoms with Gasteiger partial charge in [-0.3, -0.25) is 4.79 Å². The monoisotopic (exact) mass is 445 g/mol. The zero-order chi connectivity index (χ0) is 24.3. The first kappa shape index (κ1) is 26.6. The highest BCUT2D eigenvalue weighted by Crippen LogP contribution is 2.38. The SMILES string of the molecule is CC[C@H](C)[C@H](N)C(N)=O.COc1ccc(C=Cc2cc(OC)c(OC)c(OC)c2)cc1N. The minimum absolute atomic E-state index is 0.197. The zero-order valence-corrected chi connectivity index (χ0v) is 19.7. The summed E-state index contributed by atoms with van der Waals surface area (Å²) in [5, 5.41) is 0. The number of methoxy groups -OCH3 is 4. The molecule has 0 spiro atoms.